The smallest absolute Gasteiger partial charge is 0.253 e. The van der Waals surface area contributed by atoms with Crippen LogP contribution in [0.2, 0.25) is 5.02 Å². The summed E-state index contributed by atoms with van der Waals surface area (Å²) in [4.78, 5) is 25.6. The largest absolute Gasteiger partial charge is 0.362 e. The minimum Gasteiger partial charge on any atom is -0.362 e. The van der Waals surface area contributed by atoms with E-state index in [-0.39, 0.29) is 11.9 Å². The van der Waals surface area contributed by atoms with Crippen LogP contribution in [0.4, 0.5) is 11.8 Å². The van der Waals surface area contributed by atoms with Crippen LogP contribution in [0.15, 0.2) is 23.1 Å². The molecule has 32 heavy (non-hydrogen) atoms. The van der Waals surface area contributed by atoms with Gasteiger partial charge in [-0.05, 0) is 75.8 Å². The van der Waals surface area contributed by atoms with E-state index in [1.807, 2.05) is 18.4 Å². The molecule has 1 amide bonds. The van der Waals surface area contributed by atoms with Crippen LogP contribution in [0.1, 0.15) is 60.1 Å². The fraction of sp³-hybridized carbons (Fsp3) is 0.542. The molecule has 0 bridgehead atoms. The monoisotopic (exact) mass is 473 g/mol. The van der Waals surface area contributed by atoms with Gasteiger partial charge < -0.3 is 15.5 Å². The van der Waals surface area contributed by atoms with Crippen molar-refractivity contribution in [1.82, 2.24) is 15.3 Å². The molecule has 0 unspecified atom stereocenters. The van der Waals surface area contributed by atoms with E-state index in [9.17, 15) is 4.79 Å². The first kappa shape index (κ1) is 23.2. The van der Waals surface area contributed by atoms with E-state index in [1.165, 1.54) is 24.1 Å². The number of thioether (sulfide) groups is 1. The summed E-state index contributed by atoms with van der Waals surface area (Å²) < 4.78 is 0. The van der Waals surface area contributed by atoms with Crippen LogP contribution in [0, 0.1) is 0 Å². The zero-order valence-corrected chi connectivity index (χ0v) is 20.7. The minimum atomic E-state index is -0.0871. The maximum atomic E-state index is 12.8. The van der Waals surface area contributed by atoms with E-state index in [1.54, 1.807) is 17.8 Å². The standard InChI is InChI=1S/C24H32ClN5OS/c1-30(2)22-18-6-4-5-7-21(18)28-24(29-22)27-16-10-8-15(9-11-16)26-23(31)19-14-17(32-3)12-13-20(19)25/h12-16H,4-11H2,1-3H3,(H,26,31)(H,27,28,29). The predicted molar refractivity (Wildman–Crippen MR) is 133 cm³/mol. The molecule has 2 aliphatic rings. The van der Waals surface area contributed by atoms with Gasteiger partial charge in [0.15, 0.2) is 0 Å². The Kier molecular flexibility index (Phi) is 7.46. The summed E-state index contributed by atoms with van der Waals surface area (Å²) in [6.45, 7) is 0. The van der Waals surface area contributed by atoms with Crippen molar-refractivity contribution in [3.05, 3.63) is 40.0 Å². The Morgan fingerprint density at radius 1 is 1.09 bits per heavy atom. The Labute approximate surface area is 199 Å². The number of halogens is 1. The summed E-state index contributed by atoms with van der Waals surface area (Å²) in [5, 5.41) is 7.25. The van der Waals surface area contributed by atoms with Crippen molar-refractivity contribution in [3.8, 4) is 0 Å². The maximum Gasteiger partial charge on any atom is 0.253 e. The molecule has 1 aromatic carbocycles. The van der Waals surface area contributed by atoms with Crippen LogP contribution < -0.4 is 15.5 Å². The van der Waals surface area contributed by atoms with Crippen molar-refractivity contribution in [2.24, 2.45) is 0 Å². The lowest BCUT2D eigenvalue weighted by Gasteiger charge is -2.30. The summed E-state index contributed by atoms with van der Waals surface area (Å²) in [6, 6.07) is 6.08. The lowest BCUT2D eigenvalue weighted by molar-refractivity contribution is 0.0926. The molecule has 0 radical (unpaired) electrons. The molecule has 2 aromatic rings. The van der Waals surface area contributed by atoms with Crippen LogP contribution in [0.25, 0.3) is 0 Å². The third-order valence-electron chi connectivity index (χ3n) is 6.40. The molecule has 172 valence electrons. The molecular formula is C24H32ClN5OS. The molecule has 0 aliphatic heterocycles. The van der Waals surface area contributed by atoms with Crippen LogP contribution in [-0.2, 0) is 12.8 Å². The Morgan fingerprint density at radius 3 is 2.53 bits per heavy atom. The summed E-state index contributed by atoms with van der Waals surface area (Å²) in [5.41, 5.74) is 3.06. The Hall–Kier alpha value is -1.99. The fourth-order valence-corrected chi connectivity index (χ4v) is 5.29. The maximum absolute atomic E-state index is 12.8. The molecule has 1 aromatic heterocycles. The van der Waals surface area contributed by atoms with E-state index >= 15 is 0 Å². The van der Waals surface area contributed by atoms with Crippen molar-refractivity contribution in [1.29, 1.82) is 0 Å². The molecule has 6 nitrogen and oxygen atoms in total. The van der Waals surface area contributed by atoms with Gasteiger partial charge in [0.2, 0.25) is 5.95 Å². The molecule has 8 heteroatoms. The minimum absolute atomic E-state index is 0.0871. The molecule has 1 fully saturated rings. The number of benzene rings is 1. The van der Waals surface area contributed by atoms with Crippen molar-refractivity contribution in [3.63, 3.8) is 0 Å². The second kappa shape index (κ2) is 10.3. The fourth-order valence-electron chi connectivity index (χ4n) is 4.64. The number of amides is 1. The molecule has 2 N–H and O–H groups in total. The van der Waals surface area contributed by atoms with Gasteiger partial charge in [0.25, 0.3) is 5.91 Å². The van der Waals surface area contributed by atoms with Gasteiger partial charge in [-0.25, -0.2) is 4.98 Å². The zero-order chi connectivity index (χ0) is 22.7. The van der Waals surface area contributed by atoms with E-state index in [0.29, 0.717) is 16.6 Å². The number of carbonyl (C=O) groups is 1. The van der Waals surface area contributed by atoms with Gasteiger partial charge in [-0.1, -0.05) is 11.6 Å². The topological polar surface area (TPSA) is 70.2 Å². The van der Waals surface area contributed by atoms with Gasteiger partial charge in [-0.3, -0.25) is 4.79 Å². The predicted octanol–water partition coefficient (Wildman–Crippen LogP) is 4.95. The Balaban J connectivity index is 1.35. The second-order valence-corrected chi connectivity index (χ2v) is 10.2. The van der Waals surface area contributed by atoms with Crippen LogP contribution >= 0.6 is 23.4 Å². The molecule has 1 saturated carbocycles. The number of nitrogens with one attached hydrogen (secondary N) is 2. The summed E-state index contributed by atoms with van der Waals surface area (Å²) in [5.74, 6) is 1.70. The quantitative estimate of drug-likeness (QED) is 0.578. The molecular weight excluding hydrogens is 442 g/mol. The molecule has 0 atom stereocenters. The highest BCUT2D eigenvalue weighted by Gasteiger charge is 2.25. The van der Waals surface area contributed by atoms with Gasteiger partial charge in [0.05, 0.1) is 16.3 Å². The number of aryl methyl sites for hydroxylation is 1. The average molecular weight is 474 g/mol. The Morgan fingerprint density at radius 2 is 1.81 bits per heavy atom. The highest BCUT2D eigenvalue weighted by Crippen LogP contribution is 2.30. The van der Waals surface area contributed by atoms with Crippen LogP contribution in [0.3, 0.4) is 0 Å². The first-order valence-electron chi connectivity index (χ1n) is 11.4. The molecule has 1 heterocycles. The first-order valence-corrected chi connectivity index (χ1v) is 13.0. The van der Waals surface area contributed by atoms with Crippen molar-refractivity contribution in [2.75, 3.05) is 30.6 Å². The normalized spacial score (nSPS) is 20.4. The first-order chi connectivity index (χ1) is 15.4. The molecule has 0 spiro atoms. The highest BCUT2D eigenvalue weighted by molar-refractivity contribution is 7.98. The van der Waals surface area contributed by atoms with E-state index < -0.39 is 0 Å². The van der Waals surface area contributed by atoms with Crippen molar-refractivity contribution >= 4 is 41.0 Å². The summed E-state index contributed by atoms with van der Waals surface area (Å²) in [6.07, 6.45) is 10.3. The second-order valence-electron chi connectivity index (χ2n) is 8.91. The Bertz CT molecular complexity index is 975. The number of rotatable bonds is 6. The molecule has 4 rings (SSSR count). The average Bonchev–Trinajstić information content (AvgIpc) is 2.80. The molecule has 0 saturated heterocycles. The number of carbonyl (C=O) groups excluding carboxylic acids is 1. The highest BCUT2D eigenvalue weighted by atomic mass is 35.5. The number of aromatic nitrogens is 2. The van der Waals surface area contributed by atoms with Gasteiger partial charge >= 0.3 is 0 Å². The number of hydrogen-bond donors (Lipinski definition) is 2. The zero-order valence-electron chi connectivity index (χ0n) is 19.1. The lowest BCUT2D eigenvalue weighted by Crippen LogP contribution is -2.40. The SMILES string of the molecule is CSc1ccc(Cl)c(C(=O)NC2CCC(Nc3nc4c(c(N(C)C)n3)CCCC4)CC2)c1. The summed E-state index contributed by atoms with van der Waals surface area (Å²) >= 11 is 7.87. The number of nitrogens with zero attached hydrogens (tertiary/aromatic N) is 3. The van der Waals surface area contributed by atoms with Crippen LogP contribution in [-0.4, -0.2) is 48.3 Å². The molecule has 2 aliphatic carbocycles. The van der Waals surface area contributed by atoms with Crippen LogP contribution in [0.5, 0.6) is 0 Å². The van der Waals surface area contributed by atoms with Gasteiger partial charge in [-0.2, -0.15) is 4.98 Å². The van der Waals surface area contributed by atoms with E-state index in [2.05, 4.69) is 29.6 Å². The third-order valence-corrected chi connectivity index (χ3v) is 7.45. The number of hydrogen-bond acceptors (Lipinski definition) is 6. The van der Waals surface area contributed by atoms with E-state index in [0.717, 1.165) is 55.2 Å². The van der Waals surface area contributed by atoms with Gasteiger partial charge in [0.1, 0.15) is 5.82 Å². The number of fused-ring (bicyclic) bond motifs is 1. The van der Waals surface area contributed by atoms with E-state index in [4.69, 9.17) is 21.6 Å². The third kappa shape index (κ3) is 5.31. The van der Waals surface area contributed by atoms with Gasteiger partial charge in [-0.15, -0.1) is 11.8 Å². The van der Waals surface area contributed by atoms with Crippen molar-refractivity contribution < 1.29 is 4.79 Å². The van der Waals surface area contributed by atoms with Crippen molar-refractivity contribution in [2.45, 2.75) is 68.3 Å². The lowest BCUT2D eigenvalue weighted by atomic mass is 9.91. The number of anilines is 2. The summed E-state index contributed by atoms with van der Waals surface area (Å²) in [7, 11) is 4.10. The van der Waals surface area contributed by atoms with Gasteiger partial charge in [0, 0.05) is 36.6 Å².